The number of carbonyl (C=O) groups is 2. The number of hydrogen-bond acceptors (Lipinski definition) is 4. The second kappa shape index (κ2) is 9.09. The summed E-state index contributed by atoms with van der Waals surface area (Å²) in [6.45, 7) is 9.44. The molecule has 0 bridgehead atoms. The standard InChI is InChI=1S/C21H27B2N3O3/c1-13-8-14(2)10-16(9-13)20(28)26(21(3,4)5)25-19(27)15-6-7-17(23-29)18(11-15)24-12-22/h6-12,23,29H,22H2,1-5H3,(H,25,27)/b24-12-. The number of hydrazine groups is 1. The summed E-state index contributed by atoms with van der Waals surface area (Å²) < 4.78 is 0. The second-order valence-corrected chi connectivity index (χ2v) is 8.02. The molecule has 2 aromatic rings. The van der Waals surface area contributed by atoms with Crippen LogP contribution in [0.1, 0.15) is 52.6 Å². The molecule has 0 unspecified atom stereocenters. The third-order valence-electron chi connectivity index (χ3n) is 4.34. The van der Waals surface area contributed by atoms with Crippen molar-refractivity contribution < 1.29 is 14.6 Å². The van der Waals surface area contributed by atoms with Crippen molar-refractivity contribution in [3.8, 4) is 0 Å². The molecule has 2 rings (SSSR count). The minimum absolute atomic E-state index is 0.173. The Morgan fingerprint density at radius 1 is 1.10 bits per heavy atom. The van der Waals surface area contributed by atoms with Crippen LogP contribution >= 0.6 is 0 Å². The highest BCUT2D eigenvalue weighted by atomic mass is 16.2. The zero-order valence-corrected chi connectivity index (χ0v) is 17.9. The third kappa shape index (κ3) is 5.57. The van der Waals surface area contributed by atoms with Gasteiger partial charge in [0.2, 0.25) is 0 Å². The van der Waals surface area contributed by atoms with Gasteiger partial charge in [0.1, 0.15) is 0 Å². The van der Waals surface area contributed by atoms with E-state index in [0.717, 1.165) is 11.1 Å². The number of carbonyl (C=O) groups excluding carboxylic acids is 2. The van der Waals surface area contributed by atoms with Crippen LogP contribution in [0.5, 0.6) is 0 Å². The Morgan fingerprint density at radius 2 is 1.72 bits per heavy atom. The molecular formula is C21H27B2N3O3. The number of nitrogens with zero attached hydrogens (tertiary/aromatic N) is 2. The van der Waals surface area contributed by atoms with Crippen molar-refractivity contribution in [2.24, 2.45) is 4.99 Å². The Morgan fingerprint density at radius 3 is 2.24 bits per heavy atom. The number of aliphatic imine (C=N–C) groups is 1. The Bertz CT molecular complexity index is 932. The molecule has 0 atom stereocenters. The highest BCUT2D eigenvalue weighted by molar-refractivity contribution is 6.51. The van der Waals surface area contributed by atoms with Gasteiger partial charge in [0.15, 0.2) is 7.85 Å². The molecule has 6 nitrogen and oxygen atoms in total. The maximum absolute atomic E-state index is 13.2. The zero-order valence-electron chi connectivity index (χ0n) is 17.9. The highest BCUT2D eigenvalue weighted by Crippen LogP contribution is 2.19. The van der Waals surface area contributed by atoms with Crippen LogP contribution < -0.4 is 10.9 Å². The molecule has 150 valence electrons. The molecule has 0 saturated heterocycles. The first-order valence-electron chi connectivity index (χ1n) is 9.53. The van der Waals surface area contributed by atoms with Gasteiger partial charge in [-0.15, -0.1) is 0 Å². The number of amides is 2. The van der Waals surface area contributed by atoms with Crippen LogP contribution in [0.3, 0.4) is 0 Å². The van der Waals surface area contributed by atoms with Gasteiger partial charge in [-0.1, -0.05) is 23.3 Å². The molecule has 0 aliphatic carbocycles. The van der Waals surface area contributed by atoms with Crippen molar-refractivity contribution in [3.63, 3.8) is 0 Å². The first kappa shape index (κ1) is 22.4. The van der Waals surface area contributed by atoms with Crippen LogP contribution in [0.15, 0.2) is 41.4 Å². The minimum atomic E-state index is -0.639. The molecule has 0 spiro atoms. The second-order valence-electron chi connectivity index (χ2n) is 8.02. The van der Waals surface area contributed by atoms with Crippen molar-refractivity contribution in [2.45, 2.75) is 40.2 Å². The number of hydrogen-bond donors (Lipinski definition) is 2. The van der Waals surface area contributed by atoms with Gasteiger partial charge in [-0.25, -0.2) is 5.01 Å². The molecule has 2 N–H and O–H groups in total. The van der Waals surface area contributed by atoms with Crippen LogP contribution in [-0.2, 0) is 0 Å². The van der Waals surface area contributed by atoms with Gasteiger partial charge < -0.3 is 5.02 Å². The van der Waals surface area contributed by atoms with E-state index in [1.807, 2.05) is 52.8 Å². The van der Waals surface area contributed by atoms with Crippen LogP contribution in [0, 0.1) is 13.8 Å². The molecule has 0 fully saturated rings. The van der Waals surface area contributed by atoms with Crippen molar-refractivity contribution >= 4 is 44.4 Å². The van der Waals surface area contributed by atoms with Gasteiger partial charge in [-0.3, -0.25) is 20.0 Å². The van der Waals surface area contributed by atoms with Crippen molar-refractivity contribution in [3.05, 3.63) is 58.7 Å². The lowest BCUT2D eigenvalue weighted by Crippen LogP contribution is -2.55. The predicted octanol–water partition coefficient (Wildman–Crippen LogP) is 1.15. The summed E-state index contributed by atoms with van der Waals surface area (Å²) in [7, 11) is 1.59. The fourth-order valence-corrected chi connectivity index (χ4v) is 3.01. The molecule has 0 aliphatic heterocycles. The van der Waals surface area contributed by atoms with Gasteiger partial charge in [0.25, 0.3) is 11.8 Å². The van der Waals surface area contributed by atoms with Crippen LogP contribution in [0.25, 0.3) is 0 Å². The topological polar surface area (TPSA) is 82.0 Å². The van der Waals surface area contributed by atoms with Gasteiger partial charge in [0.05, 0.1) is 11.2 Å². The summed E-state index contributed by atoms with van der Waals surface area (Å²) in [6.07, 6.45) is 1.60. The van der Waals surface area contributed by atoms with E-state index >= 15 is 0 Å². The average Bonchev–Trinajstić information content (AvgIpc) is 2.64. The number of rotatable bonds is 4. The largest absolute Gasteiger partial charge is 0.449 e. The third-order valence-corrected chi connectivity index (χ3v) is 4.34. The maximum Gasteiger partial charge on any atom is 0.306 e. The predicted molar refractivity (Wildman–Crippen MR) is 121 cm³/mol. The SMILES string of the molecule is B/C=N\c1cc(C(=O)NN(C(=O)c2cc(C)cc(C)c2)C(C)(C)C)ccc1BO. The van der Waals surface area contributed by atoms with E-state index < -0.39 is 11.4 Å². The molecule has 0 heterocycles. The van der Waals surface area contributed by atoms with Crippen molar-refractivity contribution in [1.82, 2.24) is 10.4 Å². The summed E-state index contributed by atoms with van der Waals surface area (Å²) in [5, 5.41) is 10.8. The highest BCUT2D eigenvalue weighted by Gasteiger charge is 2.30. The zero-order chi connectivity index (χ0) is 21.8. The normalized spacial score (nSPS) is 11.4. The van der Waals surface area contributed by atoms with Gasteiger partial charge >= 0.3 is 7.48 Å². The van der Waals surface area contributed by atoms with Gasteiger partial charge in [0, 0.05) is 11.1 Å². The average molecular weight is 391 g/mol. The smallest absolute Gasteiger partial charge is 0.306 e. The molecule has 2 amide bonds. The number of aryl methyl sites for hydroxylation is 2. The van der Waals surface area contributed by atoms with Gasteiger partial charge in [-0.2, -0.15) is 0 Å². The molecule has 0 aromatic heterocycles. The lowest BCUT2D eigenvalue weighted by atomic mass is 9.86. The first-order chi connectivity index (χ1) is 13.6. The molecular weight excluding hydrogens is 364 g/mol. The first-order valence-corrected chi connectivity index (χ1v) is 9.53. The van der Waals surface area contributed by atoms with Crippen LogP contribution in [0.2, 0.25) is 0 Å². The summed E-state index contributed by atoms with van der Waals surface area (Å²) in [6, 6.07) is 10.5. The molecule has 0 aliphatic rings. The quantitative estimate of drug-likeness (QED) is 0.466. The fraction of sp³-hybridized carbons (Fsp3) is 0.286. The Balaban J connectivity index is 2.37. The van der Waals surface area contributed by atoms with E-state index in [1.54, 1.807) is 32.2 Å². The lowest BCUT2D eigenvalue weighted by molar-refractivity contribution is 0.0358. The number of benzene rings is 2. The summed E-state index contributed by atoms with van der Waals surface area (Å²) >= 11 is 0. The molecule has 0 radical (unpaired) electrons. The van der Waals surface area contributed by atoms with Crippen LogP contribution in [-0.4, -0.2) is 48.8 Å². The number of nitrogens with one attached hydrogen (secondary N) is 1. The summed E-state index contributed by atoms with van der Waals surface area (Å²) in [5.41, 5.74) is 6.09. The lowest BCUT2D eigenvalue weighted by Gasteiger charge is -2.35. The van der Waals surface area contributed by atoms with Crippen molar-refractivity contribution in [2.75, 3.05) is 0 Å². The van der Waals surface area contributed by atoms with Crippen molar-refractivity contribution in [1.29, 1.82) is 0 Å². The van der Waals surface area contributed by atoms with Crippen LogP contribution in [0.4, 0.5) is 5.69 Å². The van der Waals surface area contributed by atoms with E-state index in [4.69, 9.17) is 0 Å². The van der Waals surface area contributed by atoms with E-state index in [2.05, 4.69) is 10.4 Å². The Hall–Kier alpha value is -2.86. The molecule has 8 heteroatoms. The summed E-state index contributed by atoms with van der Waals surface area (Å²) in [4.78, 5) is 30.3. The monoisotopic (exact) mass is 391 g/mol. The van der Waals surface area contributed by atoms with E-state index in [-0.39, 0.29) is 13.4 Å². The van der Waals surface area contributed by atoms with Gasteiger partial charge in [-0.05, 0) is 70.5 Å². The Labute approximate surface area is 173 Å². The minimum Gasteiger partial charge on any atom is -0.449 e. The van der Waals surface area contributed by atoms with E-state index in [0.29, 0.717) is 22.3 Å². The van der Waals surface area contributed by atoms with E-state index in [1.165, 1.54) is 5.01 Å². The molecule has 29 heavy (non-hydrogen) atoms. The maximum atomic E-state index is 13.2. The van der Waals surface area contributed by atoms with E-state index in [9.17, 15) is 14.6 Å². The molecule has 2 aromatic carbocycles. The summed E-state index contributed by atoms with van der Waals surface area (Å²) in [5.74, 6) is -0.703. The molecule has 0 saturated carbocycles. The Kier molecular flexibility index (Phi) is 7.03. The fourth-order valence-electron chi connectivity index (χ4n) is 3.01.